The zero-order valence-electron chi connectivity index (χ0n) is 10.9. The third kappa shape index (κ3) is 3.81. The molecule has 4 nitrogen and oxygen atoms in total. The van der Waals surface area contributed by atoms with Gasteiger partial charge in [-0.05, 0) is 32.0 Å². The first-order valence-corrected chi connectivity index (χ1v) is 6.06. The number of rotatable bonds is 3. The third-order valence-electron chi connectivity index (χ3n) is 3.20. The number of amidine groups is 1. The van der Waals surface area contributed by atoms with E-state index in [1.54, 1.807) is 12.1 Å². The van der Waals surface area contributed by atoms with Gasteiger partial charge in [0.1, 0.15) is 23.5 Å². The lowest BCUT2D eigenvalue weighted by molar-refractivity contribution is 0.114. The van der Waals surface area contributed by atoms with E-state index in [1.165, 1.54) is 6.07 Å². The molecule has 6 heteroatoms. The van der Waals surface area contributed by atoms with E-state index in [-0.39, 0.29) is 29.9 Å². The fourth-order valence-electron chi connectivity index (χ4n) is 2.15. The maximum Gasteiger partial charge on any atom is 0.137 e. The van der Waals surface area contributed by atoms with Crippen LogP contribution in [0.4, 0.5) is 4.39 Å². The predicted octanol–water partition coefficient (Wildman–Crippen LogP) is 2.00. The Kier molecular flexibility index (Phi) is 5.57. The molecule has 0 atom stereocenters. The van der Waals surface area contributed by atoms with Gasteiger partial charge < -0.3 is 15.4 Å². The van der Waals surface area contributed by atoms with Crippen molar-refractivity contribution >= 4 is 18.2 Å². The Hall–Kier alpha value is -1.33. The lowest BCUT2D eigenvalue weighted by Gasteiger charge is -2.29. The van der Waals surface area contributed by atoms with Crippen molar-refractivity contribution < 1.29 is 9.13 Å². The molecule has 1 aromatic rings. The highest BCUT2D eigenvalue weighted by Gasteiger charge is 2.20. The first-order valence-electron chi connectivity index (χ1n) is 6.06. The molecule has 2 rings (SSSR count). The molecule has 0 unspecified atom stereocenters. The maximum absolute atomic E-state index is 13.6. The van der Waals surface area contributed by atoms with Crippen LogP contribution in [0, 0.1) is 11.2 Å². The highest BCUT2D eigenvalue weighted by atomic mass is 35.5. The second-order valence-corrected chi connectivity index (χ2v) is 4.65. The zero-order valence-corrected chi connectivity index (χ0v) is 11.7. The Labute approximate surface area is 118 Å². The molecule has 1 saturated heterocycles. The third-order valence-corrected chi connectivity index (χ3v) is 3.20. The van der Waals surface area contributed by atoms with E-state index in [0.29, 0.717) is 5.75 Å². The number of nitrogen functional groups attached to an aromatic ring is 1. The van der Waals surface area contributed by atoms with Crippen molar-refractivity contribution in [1.82, 2.24) is 4.90 Å². The Bertz CT molecular complexity index is 448. The topological polar surface area (TPSA) is 62.3 Å². The van der Waals surface area contributed by atoms with Crippen LogP contribution in [0.1, 0.15) is 18.4 Å². The SMILES string of the molecule is CN1CCC(Oc2cccc(F)c2C(=N)N)CC1.Cl. The molecular formula is C13H19ClFN3O. The van der Waals surface area contributed by atoms with Crippen molar-refractivity contribution in [3.05, 3.63) is 29.6 Å². The van der Waals surface area contributed by atoms with Gasteiger partial charge in [0.25, 0.3) is 0 Å². The number of halogens is 2. The summed E-state index contributed by atoms with van der Waals surface area (Å²) in [6.45, 7) is 1.94. The summed E-state index contributed by atoms with van der Waals surface area (Å²) in [5.74, 6) is -0.430. The van der Waals surface area contributed by atoms with Gasteiger partial charge in [-0.1, -0.05) is 6.07 Å². The molecule has 106 valence electrons. The fourth-order valence-corrected chi connectivity index (χ4v) is 2.15. The summed E-state index contributed by atoms with van der Waals surface area (Å²) in [4.78, 5) is 2.23. The van der Waals surface area contributed by atoms with Crippen LogP contribution in [0.25, 0.3) is 0 Å². The predicted molar refractivity (Wildman–Crippen MR) is 75.8 cm³/mol. The van der Waals surface area contributed by atoms with Gasteiger partial charge in [0, 0.05) is 13.1 Å². The number of hydrogen-bond donors (Lipinski definition) is 2. The highest BCUT2D eigenvalue weighted by molar-refractivity contribution is 5.97. The smallest absolute Gasteiger partial charge is 0.137 e. The van der Waals surface area contributed by atoms with Crippen LogP contribution < -0.4 is 10.5 Å². The molecule has 1 aromatic carbocycles. The summed E-state index contributed by atoms with van der Waals surface area (Å²) >= 11 is 0. The van der Waals surface area contributed by atoms with Gasteiger partial charge in [-0.3, -0.25) is 5.41 Å². The number of likely N-dealkylation sites (tertiary alicyclic amines) is 1. The minimum Gasteiger partial charge on any atom is -0.489 e. The van der Waals surface area contributed by atoms with E-state index >= 15 is 0 Å². The van der Waals surface area contributed by atoms with E-state index in [4.69, 9.17) is 15.9 Å². The Morgan fingerprint density at radius 2 is 2.05 bits per heavy atom. The molecule has 19 heavy (non-hydrogen) atoms. The molecule has 0 spiro atoms. The van der Waals surface area contributed by atoms with E-state index in [9.17, 15) is 4.39 Å². The molecule has 0 amide bonds. The number of nitrogens with two attached hydrogens (primary N) is 1. The highest BCUT2D eigenvalue weighted by Crippen LogP contribution is 2.24. The average Bonchev–Trinajstić information content (AvgIpc) is 2.32. The largest absolute Gasteiger partial charge is 0.489 e. The normalized spacial score (nSPS) is 16.7. The van der Waals surface area contributed by atoms with Crippen molar-refractivity contribution in [3.8, 4) is 5.75 Å². The van der Waals surface area contributed by atoms with Gasteiger partial charge in [0.05, 0.1) is 5.56 Å². The maximum atomic E-state index is 13.6. The number of hydrogen-bond acceptors (Lipinski definition) is 3. The average molecular weight is 288 g/mol. The lowest BCUT2D eigenvalue weighted by atomic mass is 10.1. The molecule has 1 heterocycles. The zero-order chi connectivity index (χ0) is 13.1. The molecule has 0 aromatic heterocycles. The van der Waals surface area contributed by atoms with Crippen LogP contribution in [0.2, 0.25) is 0 Å². The van der Waals surface area contributed by atoms with Gasteiger partial charge >= 0.3 is 0 Å². The summed E-state index contributed by atoms with van der Waals surface area (Å²) in [7, 11) is 2.07. The van der Waals surface area contributed by atoms with Gasteiger partial charge in [0.2, 0.25) is 0 Å². The minimum atomic E-state index is -0.507. The Balaban J connectivity index is 0.00000180. The summed E-state index contributed by atoms with van der Waals surface area (Å²) in [5, 5.41) is 7.42. The van der Waals surface area contributed by atoms with Crippen molar-refractivity contribution in [1.29, 1.82) is 5.41 Å². The van der Waals surface area contributed by atoms with Crippen molar-refractivity contribution in [2.75, 3.05) is 20.1 Å². The Morgan fingerprint density at radius 1 is 1.42 bits per heavy atom. The quantitative estimate of drug-likeness (QED) is 0.660. The van der Waals surface area contributed by atoms with Crippen LogP contribution in [0.15, 0.2) is 18.2 Å². The molecular weight excluding hydrogens is 269 g/mol. The standard InChI is InChI=1S/C13H18FN3O.ClH/c1-17-7-5-9(6-8-17)18-11-4-2-3-10(14)12(11)13(15)16;/h2-4,9H,5-8H2,1H3,(H3,15,16);1H. The van der Waals surface area contributed by atoms with E-state index < -0.39 is 5.82 Å². The first kappa shape index (κ1) is 15.7. The summed E-state index contributed by atoms with van der Waals surface area (Å²) in [6.07, 6.45) is 1.88. The molecule has 0 bridgehead atoms. The number of nitrogens with zero attached hydrogens (tertiary/aromatic N) is 1. The number of nitrogens with one attached hydrogen (secondary N) is 1. The van der Waals surface area contributed by atoms with Crippen LogP contribution in [-0.2, 0) is 0 Å². The van der Waals surface area contributed by atoms with Gasteiger partial charge in [0.15, 0.2) is 0 Å². The van der Waals surface area contributed by atoms with E-state index in [0.717, 1.165) is 25.9 Å². The number of piperidine rings is 1. The Morgan fingerprint density at radius 3 is 2.63 bits per heavy atom. The summed E-state index contributed by atoms with van der Waals surface area (Å²) in [6, 6.07) is 4.53. The molecule has 1 aliphatic heterocycles. The molecule has 0 aliphatic carbocycles. The van der Waals surface area contributed by atoms with E-state index in [2.05, 4.69) is 11.9 Å². The van der Waals surface area contributed by atoms with Crippen molar-refractivity contribution in [2.24, 2.45) is 5.73 Å². The summed E-state index contributed by atoms with van der Waals surface area (Å²) < 4.78 is 19.4. The molecule has 0 radical (unpaired) electrons. The number of ether oxygens (including phenoxy) is 1. The molecule has 1 fully saturated rings. The lowest BCUT2D eigenvalue weighted by Crippen LogP contribution is -2.36. The van der Waals surface area contributed by atoms with Gasteiger partial charge in [-0.15, -0.1) is 12.4 Å². The molecule has 3 N–H and O–H groups in total. The molecule has 0 saturated carbocycles. The monoisotopic (exact) mass is 287 g/mol. The minimum absolute atomic E-state index is 0. The van der Waals surface area contributed by atoms with Gasteiger partial charge in [-0.2, -0.15) is 0 Å². The fraction of sp³-hybridized carbons (Fsp3) is 0.462. The van der Waals surface area contributed by atoms with E-state index in [1.807, 2.05) is 0 Å². The first-order chi connectivity index (χ1) is 8.58. The van der Waals surface area contributed by atoms with Crippen molar-refractivity contribution in [3.63, 3.8) is 0 Å². The van der Waals surface area contributed by atoms with Crippen LogP contribution in [0.3, 0.4) is 0 Å². The second-order valence-electron chi connectivity index (χ2n) is 4.65. The summed E-state index contributed by atoms with van der Waals surface area (Å²) in [5.41, 5.74) is 5.46. The second kappa shape index (κ2) is 6.73. The van der Waals surface area contributed by atoms with Gasteiger partial charge in [-0.25, -0.2) is 4.39 Å². The van der Waals surface area contributed by atoms with Crippen LogP contribution in [-0.4, -0.2) is 37.0 Å². The molecule has 1 aliphatic rings. The van der Waals surface area contributed by atoms with Crippen molar-refractivity contribution in [2.45, 2.75) is 18.9 Å². The van der Waals surface area contributed by atoms with Crippen LogP contribution in [0.5, 0.6) is 5.75 Å². The number of benzene rings is 1. The van der Waals surface area contributed by atoms with Crippen LogP contribution >= 0.6 is 12.4 Å².